The van der Waals surface area contributed by atoms with Crippen molar-refractivity contribution in [3.8, 4) is 33.4 Å². The second kappa shape index (κ2) is 14.9. The Balaban J connectivity index is 1.06. The second-order valence-electron chi connectivity index (χ2n) is 15.5. The molecule has 1 aliphatic carbocycles. The van der Waals surface area contributed by atoms with Crippen LogP contribution in [0.1, 0.15) is 30.0 Å². The summed E-state index contributed by atoms with van der Waals surface area (Å²) in [5, 5.41) is 2.31. The Morgan fingerprint density at radius 3 is 1.75 bits per heavy atom. The molecule has 1 aliphatic heterocycles. The number of hydrogen-bond donors (Lipinski definition) is 0. The van der Waals surface area contributed by atoms with E-state index < -0.39 is 0 Å². The van der Waals surface area contributed by atoms with Gasteiger partial charge in [0.1, 0.15) is 11.0 Å². The molecule has 2 aliphatic rings. The number of nitrogens with zero attached hydrogens (tertiary/aromatic N) is 2. The van der Waals surface area contributed by atoms with Gasteiger partial charge in [-0.3, -0.25) is 0 Å². The van der Waals surface area contributed by atoms with Gasteiger partial charge in [0, 0.05) is 33.5 Å². The van der Waals surface area contributed by atoms with Gasteiger partial charge in [-0.25, -0.2) is 0 Å². The minimum atomic E-state index is 0.171. The van der Waals surface area contributed by atoms with Crippen molar-refractivity contribution in [1.29, 1.82) is 0 Å². The van der Waals surface area contributed by atoms with Crippen molar-refractivity contribution in [2.45, 2.75) is 25.3 Å². The lowest BCUT2D eigenvalue weighted by molar-refractivity contribution is 0.572. The van der Waals surface area contributed by atoms with E-state index in [1.165, 1.54) is 50.0 Å². The predicted molar refractivity (Wildman–Crippen MR) is 246 cm³/mol. The van der Waals surface area contributed by atoms with Crippen LogP contribution in [0.4, 0.5) is 28.4 Å². The minimum Gasteiger partial charge on any atom is -0.456 e. The molecule has 8 aromatic carbocycles. The van der Waals surface area contributed by atoms with Crippen LogP contribution in [0.3, 0.4) is 0 Å². The number of anilines is 5. The summed E-state index contributed by atoms with van der Waals surface area (Å²) in [6.45, 7) is 0. The highest BCUT2D eigenvalue weighted by atomic mass is 16.3. The number of benzene rings is 8. The average Bonchev–Trinajstić information content (AvgIpc) is 3.91. The maximum Gasteiger partial charge on any atom is 0.145 e. The van der Waals surface area contributed by atoms with Gasteiger partial charge < -0.3 is 14.2 Å². The third-order valence-electron chi connectivity index (χ3n) is 12.0. The number of furan rings is 1. The minimum absolute atomic E-state index is 0.171. The monoisotopic (exact) mass is 758 g/mol. The molecular formula is C56H42N2O. The zero-order valence-corrected chi connectivity index (χ0v) is 32.7. The standard InChI is InChI=1S/C56H42N2O/c1-4-15-39(16-5-1)41-27-31-47(32-28-41)57(48-33-29-42(30-34-48)40-17-6-2-7-18-40)52-36-35-49(56-55(52)50-24-11-13-26-54(50)59-56)43-20-14-21-44(37-43)53-38-45-19-10-12-25-51(45)58(53)46-22-8-3-9-23-46/h1-10,12,14-37,53H,11,13,38H2. The lowest BCUT2D eigenvalue weighted by Gasteiger charge is -2.28. The molecule has 0 radical (unpaired) electrons. The van der Waals surface area contributed by atoms with Crippen LogP contribution in [0.5, 0.6) is 0 Å². The van der Waals surface area contributed by atoms with Gasteiger partial charge in [0.2, 0.25) is 0 Å². The van der Waals surface area contributed by atoms with Gasteiger partial charge in [-0.15, -0.1) is 0 Å². The maximum absolute atomic E-state index is 6.98. The third-order valence-corrected chi connectivity index (χ3v) is 12.0. The molecule has 0 saturated heterocycles. The van der Waals surface area contributed by atoms with Crippen molar-refractivity contribution in [1.82, 2.24) is 0 Å². The fourth-order valence-electron chi connectivity index (χ4n) is 9.21. The van der Waals surface area contributed by atoms with Gasteiger partial charge in [0.15, 0.2) is 0 Å². The Morgan fingerprint density at radius 1 is 0.492 bits per heavy atom. The van der Waals surface area contributed by atoms with E-state index in [1.54, 1.807) is 0 Å². The molecule has 9 aromatic rings. The van der Waals surface area contributed by atoms with E-state index in [2.05, 4.69) is 222 Å². The molecule has 1 unspecified atom stereocenters. The van der Waals surface area contributed by atoms with Crippen LogP contribution in [-0.2, 0) is 6.42 Å². The molecule has 3 nitrogen and oxygen atoms in total. The molecule has 59 heavy (non-hydrogen) atoms. The van der Waals surface area contributed by atoms with Crippen LogP contribution < -0.4 is 20.4 Å². The van der Waals surface area contributed by atoms with E-state index in [0.717, 1.165) is 63.8 Å². The van der Waals surface area contributed by atoms with Gasteiger partial charge in [0.25, 0.3) is 0 Å². The number of para-hydroxylation sites is 2. The van der Waals surface area contributed by atoms with Gasteiger partial charge in [-0.05, 0) is 125 Å². The highest BCUT2D eigenvalue weighted by molar-refractivity contribution is 6.04. The first kappa shape index (κ1) is 34.9. The quantitative estimate of drug-likeness (QED) is 0.154. The summed E-state index contributed by atoms with van der Waals surface area (Å²) in [5.41, 5.74) is 17.3. The van der Waals surface area contributed by atoms with Gasteiger partial charge >= 0.3 is 0 Å². The van der Waals surface area contributed by atoms with Crippen molar-refractivity contribution in [3.63, 3.8) is 0 Å². The zero-order valence-electron chi connectivity index (χ0n) is 32.7. The summed E-state index contributed by atoms with van der Waals surface area (Å²) in [6.07, 6.45) is 7.53. The molecule has 0 amide bonds. The van der Waals surface area contributed by atoms with E-state index in [-0.39, 0.29) is 6.04 Å². The van der Waals surface area contributed by atoms with Crippen LogP contribution in [0.25, 0.3) is 56.5 Å². The lowest BCUT2D eigenvalue weighted by atomic mass is 9.95. The van der Waals surface area contributed by atoms with E-state index in [4.69, 9.17) is 4.42 Å². The van der Waals surface area contributed by atoms with Crippen LogP contribution in [0.15, 0.2) is 205 Å². The number of fused-ring (bicyclic) bond motifs is 4. The van der Waals surface area contributed by atoms with E-state index >= 15 is 0 Å². The third kappa shape index (κ3) is 6.32. The molecule has 2 heterocycles. The topological polar surface area (TPSA) is 19.6 Å². The molecular weight excluding hydrogens is 717 g/mol. The SMILES string of the molecule is C1=c2oc3c(-c4cccc(C5Cc6ccccc6N5c5ccccc5)c4)ccc(N(c4ccc(-c5ccccc5)cc4)c4ccc(-c5ccccc5)cc4)c3c2=CCC1. The molecule has 3 heteroatoms. The summed E-state index contributed by atoms with van der Waals surface area (Å²) in [7, 11) is 0. The van der Waals surface area contributed by atoms with Crippen LogP contribution in [0, 0.1) is 0 Å². The van der Waals surface area contributed by atoms with E-state index in [0.29, 0.717) is 0 Å². The van der Waals surface area contributed by atoms with Crippen molar-refractivity contribution in [3.05, 3.63) is 222 Å². The fourth-order valence-corrected chi connectivity index (χ4v) is 9.21. The van der Waals surface area contributed by atoms with Crippen molar-refractivity contribution in [2.75, 3.05) is 9.80 Å². The Hall–Kier alpha value is -7.36. The summed E-state index contributed by atoms with van der Waals surface area (Å²) in [5.74, 6) is 0. The average molecular weight is 759 g/mol. The highest BCUT2D eigenvalue weighted by Crippen LogP contribution is 2.47. The van der Waals surface area contributed by atoms with Gasteiger partial charge in [-0.1, -0.05) is 146 Å². The summed E-state index contributed by atoms with van der Waals surface area (Å²) >= 11 is 0. The summed E-state index contributed by atoms with van der Waals surface area (Å²) < 4.78 is 6.98. The molecule has 0 saturated carbocycles. The van der Waals surface area contributed by atoms with Gasteiger partial charge in [-0.2, -0.15) is 0 Å². The van der Waals surface area contributed by atoms with Crippen molar-refractivity contribution >= 4 is 51.6 Å². The molecule has 11 rings (SSSR count). The molecule has 282 valence electrons. The Labute approximate surface area is 345 Å². The first-order valence-corrected chi connectivity index (χ1v) is 20.7. The molecule has 1 atom stereocenters. The summed E-state index contributed by atoms with van der Waals surface area (Å²) in [4.78, 5) is 4.91. The van der Waals surface area contributed by atoms with Crippen LogP contribution in [-0.4, -0.2) is 0 Å². The number of hydrogen-bond acceptors (Lipinski definition) is 3. The van der Waals surface area contributed by atoms with E-state index in [1.807, 2.05) is 0 Å². The van der Waals surface area contributed by atoms with Crippen molar-refractivity contribution in [2.24, 2.45) is 0 Å². The smallest absolute Gasteiger partial charge is 0.145 e. The molecule has 0 spiro atoms. The normalized spacial score (nSPS) is 14.3. The van der Waals surface area contributed by atoms with Crippen molar-refractivity contribution < 1.29 is 4.42 Å². The Bertz CT molecular complexity index is 2980. The van der Waals surface area contributed by atoms with Crippen LogP contribution in [0.2, 0.25) is 0 Å². The number of rotatable bonds is 8. The largest absolute Gasteiger partial charge is 0.456 e. The Kier molecular flexibility index (Phi) is 8.78. The maximum atomic E-state index is 6.98. The second-order valence-corrected chi connectivity index (χ2v) is 15.5. The molecule has 0 fully saturated rings. The van der Waals surface area contributed by atoms with Gasteiger partial charge in [0.05, 0.1) is 17.1 Å². The molecule has 0 bridgehead atoms. The molecule has 0 N–H and O–H groups in total. The highest BCUT2D eigenvalue weighted by Gasteiger charge is 2.32. The molecule has 1 aromatic heterocycles. The lowest BCUT2D eigenvalue weighted by Crippen LogP contribution is -2.23. The fraction of sp³-hybridized carbons (Fsp3) is 0.0714. The predicted octanol–water partition coefficient (Wildman–Crippen LogP) is 13.7. The first-order valence-electron chi connectivity index (χ1n) is 20.7. The zero-order chi connectivity index (χ0) is 39.1. The first-order chi connectivity index (χ1) is 29.3. The van der Waals surface area contributed by atoms with E-state index in [9.17, 15) is 0 Å². The Morgan fingerprint density at radius 2 is 1.07 bits per heavy atom. The van der Waals surface area contributed by atoms with Crippen LogP contribution >= 0.6 is 0 Å². The summed E-state index contributed by atoms with van der Waals surface area (Å²) in [6, 6.07) is 72.6.